The summed E-state index contributed by atoms with van der Waals surface area (Å²) in [6.07, 6.45) is 0. The molecule has 2 aromatic rings. The fourth-order valence-electron chi connectivity index (χ4n) is 1.65. The molecule has 102 valence electrons. The van der Waals surface area contributed by atoms with Crippen LogP contribution in [0.2, 0.25) is 0 Å². The molecule has 0 unspecified atom stereocenters. The van der Waals surface area contributed by atoms with Crippen molar-refractivity contribution >= 4 is 27.0 Å². The Morgan fingerprint density at radius 1 is 1.26 bits per heavy atom. The molecule has 1 aromatic carbocycles. The van der Waals surface area contributed by atoms with Gasteiger partial charge in [-0.15, -0.1) is 11.3 Å². The number of rotatable bonds is 4. The molecule has 6 heteroatoms. The average molecular weight is 296 g/mol. The Labute approximate surface area is 117 Å². The van der Waals surface area contributed by atoms with Gasteiger partial charge in [-0.3, -0.25) is 4.31 Å². The lowest BCUT2D eigenvalue weighted by atomic mass is 10.2. The highest BCUT2D eigenvalue weighted by Gasteiger charge is 2.22. The SMILES string of the molecule is Cc1ccc(N(C)S(=O)(=O)c2csc(CN)c2)cc1. The molecule has 1 aromatic heterocycles. The minimum Gasteiger partial charge on any atom is -0.326 e. The Balaban J connectivity index is 2.36. The van der Waals surface area contributed by atoms with Gasteiger partial charge in [0, 0.05) is 23.8 Å². The molecule has 0 saturated carbocycles. The molecule has 0 radical (unpaired) electrons. The number of anilines is 1. The maximum Gasteiger partial charge on any atom is 0.264 e. The molecule has 0 spiro atoms. The molecule has 0 bridgehead atoms. The smallest absolute Gasteiger partial charge is 0.264 e. The molecule has 0 aliphatic rings. The van der Waals surface area contributed by atoms with Crippen molar-refractivity contribution in [3.8, 4) is 0 Å². The van der Waals surface area contributed by atoms with Crippen LogP contribution in [0.1, 0.15) is 10.4 Å². The average Bonchev–Trinajstić information content (AvgIpc) is 2.88. The summed E-state index contributed by atoms with van der Waals surface area (Å²) in [5.41, 5.74) is 7.25. The zero-order valence-electron chi connectivity index (χ0n) is 10.8. The molecule has 0 amide bonds. The second kappa shape index (κ2) is 5.32. The van der Waals surface area contributed by atoms with Crippen LogP contribution in [-0.4, -0.2) is 15.5 Å². The largest absolute Gasteiger partial charge is 0.326 e. The molecule has 0 atom stereocenters. The third kappa shape index (κ3) is 2.80. The molecule has 2 N–H and O–H groups in total. The topological polar surface area (TPSA) is 63.4 Å². The van der Waals surface area contributed by atoms with Crippen LogP contribution in [0, 0.1) is 6.92 Å². The molecule has 0 aliphatic carbocycles. The fourth-order valence-corrected chi connectivity index (χ4v) is 3.99. The predicted octanol–water partition coefficient (Wildman–Crippen LogP) is 2.34. The van der Waals surface area contributed by atoms with Crippen molar-refractivity contribution in [3.05, 3.63) is 46.2 Å². The van der Waals surface area contributed by atoms with Crippen LogP contribution in [0.3, 0.4) is 0 Å². The number of thiophene rings is 1. The molecule has 0 aliphatic heterocycles. The summed E-state index contributed by atoms with van der Waals surface area (Å²) in [7, 11) is -1.95. The highest BCUT2D eigenvalue weighted by molar-refractivity contribution is 7.93. The molecule has 1 heterocycles. The van der Waals surface area contributed by atoms with Gasteiger partial charge >= 0.3 is 0 Å². The minimum absolute atomic E-state index is 0.293. The highest BCUT2D eigenvalue weighted by atomic mass is 32.2. The van der Waals surface area contributed by atoms with E-state index < -0.39 is 10.0 Å². The molecule has 19 heavy (non-hydrogen) atoms. The Morgan fingerprint density at radius 3 is 2.42 bits per heavy atom. The van der Waals surface area contributed by atoms with Crippen LogP contribution in [0.5, 0.6) is 0 Å². The first kappa shape index (κ1) is 14.0. The molecule has 2 rings (SSSR count). The summed E-state index contributed by atoms with van der Waals surface area (Å²) >= 11 is 1.36. The number of nitrogens with two attached hydrogens (primary N) is 1. The van der Waals surface area contributed by atoms with Gasteiger partial charge in [0.15, 0.2) is 0 Å². The number of aryl methyl sites for hydroxylation is 1. The van der Waals surface area contributed by atoms with Crippen molar-refractivity contribution in [2.75, 3.05) is 11.4 Å². The fraction of sp³-hybridized carbons (Fsp3) is 0.231. The van der Waals surface area contributed by atoms with Gasteiger partial charge in [0.05, 0.1) is 10.6 Å². The van der Waals surface area contributed by atoms with Crippen LogP contribution in [-0.2, 0) is 16.6 Å². The monoisotopic (exact) mass is 296 g/mol. The number of benzene rings is 1. The number of hydrogen-bond donors (Lipinski definition) is 1. The second-order valence-electron chi connectivity index (χ2n) is 4.26. The van der Waals surface area contributed by atoms with Gasteiger partial charge in [-0.1, -0.05) is 17.7 Å². The van der Waals surface area contributed by atoms with E-state index in [-0.39, 0.29) is 0 Å². The first-order valence-corrected chi connectivity index (χ1v) is 8.10. The lowest BCUT2D eigenvalue weighted by Crippen LogP contribution is -2.26. The Hall–Kier alpha value is -1.37. The van der Waals surface area contributed by atoms with Crippen LogP contribution >= 0.6 is 11.3 Å². The van der Waals surface area contributed by atoms with Crippen molar-refractivity contribution in [2.24, 2.45) is 5.73 Å². The van der Waals surface area contributed by atoms with Crippen molar-refractivity contribution in [2.45, 2.75) is 18.4 Å². The van der Waals surface area contributed by atoms with E-state index in [1.807, 2.05) is 19.1 Å². The van der Waals surface area contributed by atoms with Gasteiger partial charge in [0.25, 0.3) is 10.0 Å². The zero-order chi connectivity index (χ0) is 14.0. The summed E-state index contributed by atoms with van der Waals surface area (Å²) < 4.78 is 26.2. The van der Waals surface area contributed by atoms with Crippen molar-refractivity contribution < 1.29 is 8.42 Å². The van der Waals surface area contributed by atoms with Crippen molar-refractivity contribution in [1.82, 2.24) is 0 Å². The van der Waals surface area contributed by atoms with E-state index >= 15 is 0 Å². The summed E-state index contributed by atoms with van der Waals surface area (Å²) in [6.45, 7) is 2.32. The highest BCUT2D eigenvalue weighted by Crippen LogP contribution is 2.25. The summed E-state index contributed by atoms with van der Waals surface area (Å²) in [4.78, 5) is 1.15. The number of nitrogens with zero attached hydrogens (tertiary/aromatic N) is 1. The summed E-state index contributed by atoms with van der Waals surface area (Å²) in [6, 6.07) is 9.00. The third-order valence-electron chi connectivity index (χ3n) is 2.89. The van der Waals surface area contributed by atoms with Crippen LogP contribution in [0.25, 0.3) is 0 Å². The van der Waals surface area contributed by atoms with Gasteiger partial charge in [-0.25, -0.2) is 8.42 Å². The predicted molar refractivity (Wildman–Crippen MR) is 79.0 cm³/mol. The van der Waals surface area contributed by atoms with E-state index in [0.29, 0.717) is 17.1 Å². The maximum atomic E-state index is 12.4. The van der Waals surface area contributed by atoms with E-state index in [0.717, 1.165) is 10.4 Å². The lowest BCUT2D eigenvalue weighted by molar-refractivity contribution is 0.594. The Kier molecular flexibility index (Phi) is 3.93. The van der Waals surface area contributed by atoms with Crippen LogP contribution in [0.4, 0.5) is 5.69 Å². The second-order valence-corrected chi connectivity index (χ2v) is 7.23. The standard InChI is InChI=1S/C13H16N2O2S2/c1-10-3-5-11(6-4-10)15(2)19(16,17)13-7-12(8-14)18-9-13/h3-7,9H,8,14H2,1-2H3. The third-order valence-corrected chi connectivity index (χ3v) is 5.76. The van der Waals surface area contributed by atoms with E-state index in [1.165, 1.54) is 15.6 Å². The molecule has 0 fully saturated rings. The van der Waals surface area contributed by atoms with E-state index in [1.54, 1.807) is 30.6 Å². The maximum absolute atomic E-state index is 12.4. The first-order valence-electron chi connectivity index (χ1n) is 5.78. The van der Waals surface area contributed by atoms with Gasteiger partial charge in [0.1, 0.15) is 0 Å². The molecule has 0 saturated heterocycles. The van der Waals surface area contributed by atoms with Gasteiger partial charge < -0.3 is 5.73 Å². The van der Waals surface area contributed by atoms with Gasteiger partial charge in [-0.2, -0.15) is 0 Å². The summed E-state index contributed by atoms with van der Waals surface area (Å²) in [5, 5.41) is 1.63. The van der Waals surface area contributed by atoms with E-state index in [9.17, 15) is 8.42 Å². The van der Waals surface area contributed by atoms with Crippen LogP contribution in [0.15, 0.2) is 40.6 Å². The van der Waals surface area contributed by atoms with Gasteiger partial charge in [0.2, 0.25) is 0 Å². The zero-order valence-corrected chi connectivity index (χ0v) is 12.5. The lowest BCUT2D eigenvalue weighted by Gasteiger charge is -2.18. The molecule has 4 nitrogen and oxygen atoms in total. The van der Waals surface area contributed by atoms with Gasteiger partial charge in [-0.05, 0) is 25.1 Å². The normalized spacial score (nSPS) is 11.5. The number of sulfonamides is 1. The quantitative estimate of drug-likeness (QED) is 0.942. The number of hydrogen-bond acceptors (Lipinski definition) is 4. The van der Waals surface area contributed by atoms with E-state index in [4.69, 9.17) is 5.73 Å². The van der Waals surface area contributed by atoms with E-state index in [2.05, 4.69) is 0 Å². The molecular formula is C13H16N2O2S2. The minimum atomic E-state index is -3.51. The Bertz CT molecular complexity index is 660. The first-order chi connectivity index (χ1) is 8.95. The van der Waals surface area contributed by atoms with Crippen molar-refractivity contribution in [1.29, 1.82) is 0 Å². The summed E-state index contributed by atoms with van der Waals surface area (Å²) in [5.74, 6) is 0. The molecular weight excluding hydrogens is 280 g/mol. The Morgan fingerprint density at radius 2 is 1.89 bits per heavy atom. The van der Waals surface area contributed by atoms with Crippen LogP contribution < -0.4 is 10.0 Å². The van der Waals surface area contributed by atoms with Crippen molar-refractivity contribution in [3.63, 3.8) is 0 Å².